The Morgan fingerprint density at radius 1 is 0.724 bits per heavy atom. The number of benzene rings is 4. The molecular formula is C28H25N. The summed E-state index contributed by atoms with van der Waals surface area (Å²) in [7, 11) is 0. The molecule has 1 heteroatoms. The maximum Gasteiger partial charge on any atom is 0.0780 e. The fourth-order valence-corrected chi connectivity index (χ4v) is 4.48. The molecule has 0 atom stereocenters. The number of rotatable bonds is 3. The Morgan fingerprint density at radius 2 is 1.45 bits per heavy atom. The van der Waals surface area contributed by atoms with E-state index < -0.39 is 0 Å². The van der Waals surface area contributed by atoms with Crippen molar-refractivity contribution in [3.8, 4) is 11.3 Å². The van der Waals surface area contributed by atoms with Crippen LogP contribution < -0.4 is 0 Å². The zero-order valence-electron chi connectivity index (χ0n) is 17.2. The second kappa shape index (κ2) is 7.00. The molecule has 5 aromatic rings. The van der Waals surface area contributed by atoms with Crippen molar-refractivity contribution in [1.82, 2.24) is 4.98 Å². The predicted octanol–water partition coefficient (Wildman–Crippen LogP) is 7.72. The lowest BCUT2D eigenvalue weighted by molar-refractivity contribution is 0.647. The molecule has 1 nitrogen and oxygen atoms in total. The summed E-state index contributed by atoms with van der Waals surface area (Å²) in [6, 6.07) is 26.7. The number of fused-ring (bicyclic) bond motifs is 5. The van der Waals surface area contributed by atoms with Crippen molar-refractivity contribution in [3.63, 3.8) is 0 Å². The van der Waals surface area contributed by atoms with Gasteiger partial charge in [0.05, 0.1) is 5.69 Å². The van der Waals surface area contributed by atoms with E-state index >= 15 is 0 Å². The summed E-state index contributed by atoms with van der Waals surface area (Å²) in [5.74, 6) is 0.645. The molecule has 0 aliphatic rings. The van der Waals surface area contributed by atoms with Gasteiger partial charge in [-0.2, -0.15) is 0 Å². The maximum absolute atomic E-state index is 4.78. The first-order valence-corrected chi connectivity index (χ1v) is 10.4. The first kappa shape index (κ1) is 17.9. The number of aryl methyl sites for hydroxylation is 1. The number of hydrogen-bond donors (Lipinski definition) is 0. The Balaban J connectivity index is 1.75. The summed E-state index contributed by atoms with van der Waals surface area (Å²) in [5.41, 5.74) is 4.94. The third-order valence-electron chi connectivity index (χ3n) is 5.76. The zero-order valence-corrected chi connectivity index (χ0v) is 17.2. The lowest BCUT2D eigenvalue weighted by atomic mass is 9.94. The zero-order chi connectivity index (χ0) is 20.0. The smallest absolute Gasteiger partial charge is 0.0780 e. The molecule has 0 amide bonds. The van der Waals surface area contributed by atoms with E-state index in [-0.39, 0.29) is 0 Å². The van der Waals surface area contributed by atoms with Gasteiger partial charge in [0.15, 0.2) is 0 Å². The molecule has 0 saturated heterocycles. The van der Waals surface area contributed by atoms with Crippen molar-refractivity contribution in [3.05, 3.63) is 90.1 Å². The van der Waals surface area contributed by atoms with Crippen molar-refractivity contribution in [2.24, 2.45) is 5.92 Å². The van der Waals surface area contributed by atoms with Crippen molar-refractivity contribution in [2.45, 2.75) is 27.2 Å². The topological polar surface area (TPSA) is 12.9 Å². The van der Waals surface area contributed by atoms with E-state index in [2.05, 4.69) is 93.6 Å². The van der Waals surface area contributed by atoms with Gasteiger partial charge < -0.3 is 0 Å². The van der Waals surface area contributed by atoms with Crippen molar-refractivity contribution >= 4 is 32.3 Å². The molecule has 0 radical (unpaired) electrons. The third kappa shape index (κ3) is 3.17. The Morgan fingerprint density at radius 3 is 2.31 bits per heavy atom. The highest BCUT2D eigenvalue weighted by Crippen LogP contribution is 2.35. The summed E-state index contributed by atoms with van der Waals surface area (Å²) in [6.45, 7) is 6.68. The summed E-state index contributed by atoms with van der Waals surface area (Å²) in [5, 5.41) is 7.69. The normalized spacial score (nSPS) is 11.7. The minimum Gasteiger partial charge on any atom is -0.256 e. The van der Waals surface area contributed by atoms with E-state index in [1.165, 1.54) is 49.0 Å². The van der Waals surface area contributed by atoms with Crippen molar-refractivity contribution in [2.75, 3.05) is 0 Å². The van der Waals surface area contributed by atoms with E-state index in [1.54, 1.807) is 0 Å². The third-order valence-corrected chi connectivity index (χ3v) is 5.76. The molecular weight excluding hydrogens is 350 g/mol. The van der Waals surface area contributed by atoms with Crippen LogP contribution in [0.3, 0.4) is 0 Å². The van der Waals surface area contributed by atoms with Gasteiger partial charge in [-0.3, -0.25) is 4.98 Å². The lowest BCUT2D eigenvalue weighted by Gasteiger charge is -2.12. The van der Waals surface area contributed by atoms with Gasteiger partial charge in [0, 0.05) is 17.1 Å². The molecule has 0 aliphatic carbocycles. The summed E-state index contributed by atoms with van der Waals surface area (Å²) >= 11 is 0. The summed E-state index contributed by atoms with van der Waals surface area (Å²) in [4.78, 5) is 4.78. The second-order valence-corrected chi connectivity index (χ2v) is 8.50. The average Bonchev–Trinajstić information content (AvgIpc) is 2.72. The monoisotopic (exact) mass is 375 g/mol. The van der Waals surface area contributed by atoms with Gasteiger partial charge in [0.25, 0.3) is 0 Å². The molecule has 0 fully saturated rings. The second-order valence-electron chi connectivity index (χ2n) is 8.50. The fraction of sp³-hybridized carbons (Fsp3) is 0.179. The molecule has 0 unspecified atom stereocenters. The molecule has 4 aromatic carbocycles. The minimum atomic E-state index is 0.645. The highest BCUT2D eigenvalue weighted by molar-refractivity contribution is 6.18. The maximum atomic E-state index is 4.78. The Kier molecular flexibility index (Phi) is 4.32. The first-order valence-electron chi connectivity index (χ1n) is 10.4. The van der Waals surface area contributed by atoms with Crippen molar-refractivity contribution in [1.29, 1.82) is 0 Å². The van der Waals surface area contributed by atoms with Gasteiger partial charge in [0.1, 0.15) is 0 Å². The van der Waals surface area contributed by atoms with Crippen LogP contribution in [0, 0.1) is 12.8 Å². The van der Waals surface area contributed by atoms with Crippen LogP contribution in [-0.2, 0) is 6.42 Å². The van der Waals surface area contributed by atoms with Crippen LogP contribution in [0.15, 0.2) is 79.0 Å². The number of aromatic nitrogens is 1. The van der Waals surface area contributed by atoms with Crippen molar-refractivity contribution < 1.29 is 0 Å². The SMILES string of the molecule is Cc1ccc2c(ccc3c4ccnc(-c5cccc(CC(C)C)c5)c4ccc23)c1. The van der Waals surface area contributed by atoms with Gasteiger partial charge in [0.2, 0.25) is 0 Å². The summed E-state index contributed by atoms with van der Waals surface area (Å²) in [6.07, 6.45) is 3.04. The standard InChI is InChI=1S/C28H25N/c1-18(2)15-20-5-4-6-22(17-20)28-27-12-11-24-23-9-7-19(3)16-21(23)8-10-25(24)26(27)13-14-29-28/h4-14,16-18H,15H2,1-3H3. The van der Waals surface area contributed by atoms with Gasteiger partial charge in [-0.25, -0.2) is 0 Å². The van der Waals surface area contributed by atoms with E-state index in [0.717, 1.165) is 12.1 Å². The molecule has 0 N–H and O–H groups in total. The Labute approximate surface area is 172 Å². The van der Waals surface area contributed by atoms with Gasteiger partial charge in [-0.05, 0) is 63.9 Å². The van der Waals surface area contributed by atoms with E-state index in [1.807, 2.05) is 6.20 Å². The molecule has 1 heterocycles. The number of nitrogens with zero attached hydrogens (tertiary/aromatic N) is 1. The van der Waals surface area contributed by atoms with Crippen LogP contribution >= 0.6 is 0 Å². The summed E-state index contributed by atoms with van der Waals surface area (Å²) < 4.78 is 0. The molecule has 29 heavy (non-hydrogen) atoms. The highest BCUT2D eigenvalue weighted by Gasteiger charge is 2.10. The Bertz CT molecular complexity index is 1360. The average molecular weight is 376 g/mol. The molecule has 5 rings (SSSR count). The first-order chi connectivity index (χ1) is 14.1. The molecule has 1 aromatic heterocycles. The number of hydrogen-bond acceptors (Lipinski definition) is 1. The molecule has 0 spiro atoms. The van der Waals surface area contributed by atoms with Crippen LogP contribution in [0.2, 0.25) is 0 Å². The molecule has 0 bridgehead atoms. The lowest BCUT2D eigenvalue weighted by Crippen LogP contribution is -1.95. The molecule has 0 aliphatic heterocycles. The van der Waals surface area contributed by atoms with Gasteiger partial charge >= 0.3 is 0 Å². The van der Waals surface area contributed by atoms with Crippen LogP contribution in [-0.4, -0.2) is 4.98 Å². The van der Waals surface area contributed by atoms with E-state index in [0.29, 0.717) is 5.92 Å². The predicted molar refractivity (Wildman–Crippen MR) is 125 cm³/mol. The quantitative estimate of drug-likeness (QED) is 0.294. The highest BCUT2D eigenvalue weighted by atomic mass is 14.7. The Hall–Kier alpha value is -3.19. The van der Waals surface area contributed by atoms with Gasteiger partial charge in [-0.15, -0.1) is 0 Å². The van der Waals surface area contributed by atoms with Crippen LogP contribution in [0.1, 0.15) is 25.0 Å². The fourth-order valence-electron chi connectivity index (χ4n) is 4.48. The van der Waals surface area contributed by atoms with Gasteiger partial charge in [-0.1, -0.05) is 80.1 Å². The number of pyridine rings is 1. The minimum absolute atomic E-state index is 0.645. The van der Waals surface area contributed by atoms with E-state index in [9.17, 15) is 0 Å². The van der Waals surface area contributed by atoms with Crippen LogP contribution in [0.4, 0.5) is 0 Å². The van der Waals surface area contributed by atoms with Crippen LogP contribution in [0.5, 0.6) is 0 Å². The van der Waals surface area contributed by atoms with E-state index in [4.69, 9.17) is 4.98 Å². The molecule has 0 saturated carbocycles. The van der Waals surface area contributed by atoms with Crippen LogP contribution in [0.25, 0.3) is 43.6 Å². The molecule has 142 valence electrons. The largest absolute Gasteiger partial charge is 0.256 e.